The molecule has 2 aliphatic rings. The molecule has 142 valence electrons. The highest BCUT2D eigenvalue weighted by molar-refractivity contribution is 7.99. The van der Waals surface area contributed by atoms with E-state index in [0.717, 1.165) is 12.3 Å². The fraction of sp³-hybridized carbons (Fsp3) is 0.467. The lowest BCUT2D eigenvalue weighted by Gasteiger charge is -2.19. The molecule has 1 aromatic rings. The summed E-state index contributed by atoms with van der Waals surface area (Å²) < 4.78 is 0. The lowest BCUT2D eigenvalue weighted by Crippen LogP contribution is -2.42. The van der Waals surface area contributed by atoms with Gasteiger partial charge >= 0.3 is 0 Å². The third kappa shape index (κ3) is 4.59. The molecular formula is C15H18Cl2N4O4S. The van der Waals surface area contributed by atoms with Gasteiger partial charge in [0.2, 0.25) is 5.91 Å². The number of thioether (sulfide) groups is 1. The minimum atomic E-state index is -0.616. The van der Waals surface area contributed by atoms with Crippen molar-refractivity contribution in [2.45, 2.75) is 18.5 Å². The Balaban J connectivity index is 0.00000243. The first-order valence-electron chi connectivity index (χ1n) is 7.80. The number of hydrogen-bond donors (Lipinski definition) is 2. The summed E-state index contributed by atoms with van der Waals surface area (Å²) in [6.07, 6.45) is 0.458. The second kappa shape index (κ2) is 8.90. The fourth-order valence-electron chi connectivity index (χ4n) is 2.95. The summed E-state index contributed by atoms with van der Waals surface area (Å²) >= 11 is 7.57. The molecule has 1 aromatic carbocycles. The maximum Gasteiger partial charge on any atom is 0.282 e. The molecule has 11 heteroatoms. The molecule has 2 N–H and O–H groups in total. The van der Waals surface area contributed by atoms with Crippen LogP contribution in [0.1, 0.15) is 16.8 Å². The molecule has 0 aliphatic carbocycles. The number of carbonyl (C=O) groups excluding carboxylic acids is 2. The highest BCUT2D eigenvalue weighted by Crippen LogP contribution is 2.23. The van der Waals surface area contributed by atoms with Gasteiger partial charge in [-0.3, -0.25) is 19.7 Å². The summed E-state index contributed by atoms with van der Waals surface area (Å²) in [5.41, 5.74) is -0.377. The van der Waals surface area contributed by atoms with Crippen LogP contribution in [0.3, 0.4) is 0 Å². The average Bonchev–Trinajstić information content (AvgIpc) is 3.25. The van der Waals surface area contributed by atoms with Crippen molar-refractivity contribution in [3.05, 3.63) is 38.9 Å². The van der Waals surface area contributed by atoms with Crippen LogP contribution < -0.4 is 10.6 Å². The molecule has 26 heavy (non-hydrogen) atoms. The Hall–Kier alpha value is -1.55. The first-order valence-corrected chi connectivity index (χ1v) is 9.33. The summed E-state index contributed by atoms with van der Waals surface area (Å²) in [7, 11) is 0. The zero-order chi connectivity index (χ0) is 18.0. The van der Waals surface area contributed by atoms with Crippen LogP contribution in [0.25, 0.3) is 0 Å². The maximum absolute atomic E-state index is 12.4. The molecule has 0 saturated carbocycles. The standard InChI is InChI=1S/C15H17ClN4O4S.ClH/c16-9-1-2-13(20(23)24)11(5-9)14(21)18-10-6-12(17-7-10)15(22)19-3-4-25-8-19;/h1-2,5,10,12,17H,3-4,6-8H2,(H,18,21);1H/t10-,12-;/m0./s1. The SMILES string of the molecule is Cl.O=C(N[C@@H]1CN[C@H](C(=O)N2CCSC2)C1)c1cc(Cl)ccc1[N+](=O)[O-]. The zero-order valence-corrected chi connectivity index (χ0v) is 16.0. The van der Waals surface area contributed by atoms with E-state index in [4.69, 9.17) is 11.6 Å². The van der Waals surface area contributed by atoms with E-state index < -0.39 is 10.8 Å². The number of carbonyl (C=O) groups is 2. The predicted molar refractivity (Wildman–Crippen MR) is 102 cm³/mol. The quantitative estimate of drug-likeness (QED) is 0.566. The summed E-state index contributed by atoms with van der Waals surface area (Å²) in [6, 6.07) is 3.26. The highest BCUT2D eigenvalue weighted by atomic mass is 35.5. The van der Waals surface area contributed by atoms with Crippen molar-refractivity contribution in [1.29, 1.82) is 0 Å². The van der Waals surface area contributed by atoms with E-state index >= 15 is 0 Å². The molecule has 0 bridgehead atoms. The van der Waals surface area contributed by atoms with Crippen LogP contribution in [0.5, 0.6) is 0 Å². The third-order valence-electron chi connectivity index (χ3n) is 4.23. The predicted octanol–water partition coefficient (Wildman–Crippen LogP) is 1.66. The van der Waals surface area contributed by atoms with Crippen molar-refractivity contribution >= 4 is 53.3 Å². The van der Waals surface area contributed by atoms with Crippen LogP contribution in [0.15, 0.2) is 18.2 Å². The summed E-state index contributed by atoms with van der Waals surface area (Å²) in [5.74, 6) is 1.11. The normalized spacial score (nSPS) is 22.0. The van der Waals surface area contributed by atoms with E-state index in [0.29, 0.717) is 18.8 Å². The van der Waals surface area contributed by atoms with Gasteiger partial charge in [-0.1, -0.05) is 11.6 Å². The van der Waals surface area contributed by atoms with Gasteiger partial charge in [-0.25, -0.2) is 0 Å². The van der Waals surface area contributed by atoms with E-state index in [2.05, 4.69) is 10.6 Å². The Labute approximate surface area is 165 Å². The van der Waals surface area contributed by atoms with Crippen molar-refractivity contribution < 1.29 is 14.5 Å². The van der Waals surface area contributed by atoms with Crippen LogP contribution in [-0.4, -0.2) is 58.4 Å². The number of amides is 2. The number of nitrogens with zero attached hydrogens (tertiary/aromatic N) is 2. The molecule has 3 rings (SSSR count). The molecule has 2 aliphatic heterocycles. The van der Waals surface area contributed by atoms with Gasteiger partial charge in [-0.2, -0.15) is 0 Å². The monoisotopic (exact) mass is 420 g/mol. The fourth-order valence-corrected chi connectivity index (χ4v) is 4.08. The zero-order valence-electron chi connectivity index (χ0n) is 13.6. The minimum Gasteiger partial charge on any atom is -0.348 e. The van der Waals surface area contributed by atoms with Crippen LogP contribution >= 0.6 is 35.8 Å². The van der Waals surface area contributed by atoms with Gasteiger partial charge in [-0.05, 0) is 18.6 Å². The van der Waals surface area contributed by atoms with Crippen molar-refractivity contribution in [1.82, 2.24) is 15.5 Å². The van der Waals surface area contributed by atoms with Gasteiger partial charge < -0.3 is 15.5 Å². The van der Waals surface area contributed by atoms with Crippen LogP contribution in [-0.2, 0) is 4.79 Å². The number of nitro benzene ring substituents is 1. The van der Waals surface area contributed by atoms with Crippen LogP contribution in [0.4, 0.5) is 5.69 Å². The molecule has 2 heterocycles. The van der Waals surface area contributed by atoms with Gasteiger partial charge in [0.25, 0.3) is 11.6 Å². The smallest absolute Gasteiger partial charge is 0.282 e. The molecule has 8 nitrogen and oxygen atoms in total. The Kier molecular flexibility index (Phi) is 7.10. The Morgan fingerprint density at radius 1 is 1.42 bits per heavy atom. The molecule has 0 spiro atoms. The Bertz CT molecular complexity index is 715. The van der Waals surface area contributed by atoms with Gasteiger partial charge in [-0.15, -0.1) is 24.2 Å². The van der Waals surface area contributed by atoms with E-state index in [1.807, 2.05) is 0 Å². The number of nitro groups is 1. The van der Waals surface area contributed by atoms with Gasteiger partial charge in [0, 0.05) is 36.0 Å². The molecule has 2 saturated heterocycles. The molecule has 0 aromatic heterocycles. The minimum absolute atomic E-state index is 0. The highest BCUT2D eigenvalue weighted by Gasteiger charge is 2.34. The number of hydrogen-bond acceptors (Lipinski definition) is 6. The van der Waals surface area contributed by atoms with E-state index in [-0.39, 0.29) is 46.7 Å². The van der Waals surface area contributed by atoms with E-state index in [9.17, 15) is 19.7 Å². The number of rotatable bonds is 4. The number of halogens is 2. The summed E-state index contributed by atoms with van der Waals surface area (Å²) in [4.78, 5) is 37.0. The number of benzene rings is 1. The van der Waals surface area contributed by atoms with Crippen LogP contribution in [0, 0.1) is 10.1 Å². The van der Waals surface area contributed by atoms with E-state index in [1.165, 1.54) is 18.2 Å². The first-order chi connectivity index (χ1) is 12.0. The second-order valence-electron chi connectivity index (χ2n) is 5.92. The Morgan fingerprint density at radius 2 is 2.19 bits per heavy atom. The lowest BCUT2D eigenvalue weighted by atomic mass is 10.1. The molecule has 0 unspecified atom stereocenters. The molecular weight excluding hydrogens is 403 g/mol. The van der Waals surface area contributed by atoms with Gasteiger partial charge in [0.1, 0.15) is 5.56 Å². The summed E-state index contributed by atoms with van der Waals surface area (Å²) in [5, 5.41) is 17.2. The molecule has 0 radical (unpaired) electrons. The average molecular weight is 421 g/mol. The topological polar surface area (TPSA) is 105 Å². The van der Waals surface area contributed by atoms with Crippen molar-refractivity contribution in [3.63, 3.8) is 0 Å². The van der Waals surface area contributed by atoms with Crippen molar-refractivity contribution in [2.24, 2.45) is 0 Å². The Morgan fingerprint density at radius 3 is 2.85 bits per heavy atom. The largest absolute Gasteiger partial charge is 0.348 e. The van der Waals surface area contributed by atoms with Gasteiger partial charge in [0.05, 0.1) is 16.8 Å². The van der Waals surface area contributed by atoms with Crippen molar-refractivity contribution in [3.8, 4) is 0 Å². The van der Waals surface area contributed by atoms with Crippen molar-refractivity contribution in [2.75, 3.05) is 24.7 Å². The van der Waals surface area contributed by atoms with Crippen LogP contribution in [0.2, 0.25) is 5.02 Å². The lowest BCUT2D eigenvalue weighted by molar-refractivity contribution is -0.385. The second-order valence-corrected chi connectivity index (χ2v) is 7.44. The third-order valence-corrected chi connectivity index (χ3v) is 5.43. The molecule has 2 amide bonds. The number of nitrogens with one attached hydrogen (secondary N) is 2. The molecule has 2 fully saturated rings. The van der Waals surface area contributed by atoms with Gasteiger partial charge in [0.15, 0.2) is 0 Å². The summed E-state index contributed by atoms with van der Waals surface area (Å²) in [6.45, 7) is 1.19. The maximum atomic E-state index is 12.4. The molecule has 2 atom stereocenters. The first kappa shape index (κ1) is 20.8. The van der Waals surface area contributed by atoms with E-state index in [1.54, 1.807) is 16.7 Å².